The maximum Gasteiger partial charge on any atom is 0.317 e. The average molecular weight is 665 g/mol. The van der Waals surface area contributed by atoms with Crippen molar-refractivity contribution in [3.8, 4) is 0 Å². The molecule has 0 bridgehead atoms. The fourth-order valence-electron chi connectivity index (χ4n) is 5.15. The fourth-order valence-corrected chi connectivity index (χ4v) is 5.15. The third-order valence-corrected chi connectivity index (χ3v) is 7.43. The first-order valence-electron chi connectivity index (χ1n) is 15.0. The molecule has 0 radical (unpaired) electrons. The van der Waals surface area contributed by atoms with Crippen molar-refractivity contribution in [2.75, 3.05) is 118 Å². The third kappa shape index (κ3) is 20.0. The summed E-state index contributed by atoms with van der Waals surface area (Å²) in [5.74, 6) is -5.54. The molecule has 0 aliphatic carbocycles. The van der Waals surface area contributed by atoms with E-state index in [2.05, 4.69) is 0 Å². The van der Waals surface area contributed by atoms with E-state index in [1.807, 2.05) is 23.6 Å². The molecule has 0 spiro atoms. The van der Waals surface area contributed by atoms with Crippen molar-refractivity contribution in [2.45, 2.75) is 19.9 Å². The second kappa shape index (κ2) is 24.0. The second-order valence-electron chi connectivity index (χ2n) is 11.3. The van der Waals surface area contributed by atoms with E-state index < -0.39 is 49.0 Å². The first-order chi connectivity index (χ1) is 21.7. The normalized spacial score (nSPS) is 17.0. The summed E-state index contributed by atoms with van der Waals surface area (Å²) in [6.07, 6.45) is 0.626. The minimum atomic E-state index is -1.16. The van der Waals surface area contributed by atoms with Crippen molar-refractivity contribution in [1.82, 2.24) is 29.4 Å². The van der Waals surface area contributed by atoms with Crippen LogP contribution in [0.3, 0.4) is 0 Å². The highest BCUT2D eigenvalue weighted by atomic mass is 16.4. The third-order valence-electron chi connectivity index (χ3n) is 7.43. The maximum atomic E-state index is 11.7. The Morgan fingerprint density at radius 3 is 1.37 bits per heavy atom. The van der Waals surface area contributed by atoms with Gasteiger partial charge < -0.3 is 35.4 Å². The Labute approximate surface area is 269 Å². The lowest BCUT2D eigenvalue weighted by Crippen LogP contribution is -2.53. The first-order valence-corrected chi connectivity index (χ1v) is 15.0. The molecule has 1 atom stereocenters. The Morgan fingerprint density at radius 1 is 0.630 bits per heavy atom. The Bertz CT molecular complexity index is 908. The summed E-state index contributed by atoms with van der Waals surface area (Å²) >= 11 is 0. The summed E-state index contributed by atoms with van der Waals surface area (Å²) in [5.41, 5.74) is 0. The molecule has 1 aliphatic heterocycles. The van der Waals surface area contributed by atoms with Crippen LogP contribution < -0.4 is 0 Å². The number of carboxylic acids is 5. The van der Waals surface area contributed by atoms with E-state index in [0.29, 0.717) is 71.7 Å². The van der Waals surface area contributed by atoms with Gasteiger partial charge in [0.25, 0.3) is 0 Å². The van der Waals surface area contributed by atoms with Crippen molar-refractivity contribution in [1.29, 1.82) is 0 Å². The van der Waals surface area contributed by atoms with Crippen LogP contribution >= 0.6 is 0 Å². The molecule has 1 rings (SSSR count). The number of aliphatic hydroxyl groups is 1. The Kier molecular flexibility index (Phi) is 22.3. The van der Waals surface area contributed by atoms with E-state index in [0.717, 1.165) is 7.11 Å². The van der Waals surface area contributed by atoms with E-state index in [-0.39, 0.29) is 38.6 Å². The molecule has 0 amide bonds. The van der Waals surface area contributed by atoms with Crippen molar-refractivity contribution in [3.63, 3.8) is 0 Å². The lowest BCUT2D eigenvalue weighted by Gasteiger charge is -2.38. The molecule has 0 saturated carbocycles. The van der Waals surface area contributed by atoms with Gasteiger partial charge in [-0.1, -0.05) is 13.8 Å². The maximum absolute atomic E-state index is 11.7. The first kappa shape index (κ1) is 42.7. The second-order valence-corrected chi connectivity index (χ2v) is 11.3. The van der Waals surface area contributed by atoms with Gasteiger partial charge in [-0.05, 0) is 5.92 Å². The molecule has 18 heteroatoms. The molecule has 18 nitrogen and oxygen atoms in total. The van der Waals surface area contributed by atoms with Gasteiger partial charge in [0.15, 0.2) is 0 Å². The van der Waals surface area contributed by atoms with Crippen LogP contribution in [0.2, 0.25) is 0 Å². The Hall–Kier alpha value is -3.26. The zero-order valence-electron chi connectivity index (χ0n) is 27.1. The van der Waals surface area contributed by atoms with Crippen molar-refractivity contribution >= 4 is 36.1 Å². The molecule has 1 unspecified atom stereocenters. The molecule has 266 valence electrons. The number of nitrogens with zero attached hydrogens (tertiary/aromatic N) is 6. The number of carboxylic acid groups (broad SMARTS) is 5. The smallest absolute Gasteiger partial charge is 0.317 e. The van der Waals surface area contributed by atoms with Gasteiger partial charge in [0.1, 0.15) is 6.29 Å². The standard InChI is InChI=1S/C27H48N6O11.CH4O/c1-21(2)22(33(19-26(41)42)20-27(43)44)15-29-9-11-30(16-23(35)36)6-3-28(4-7-31(12-10-29)17-24(37)38)5-8-32(13-14-34)18-25(39)40;1-2/h14,21-22H,3-13,15-20H2,1-2H3,(H,35,36)(H,37,38)(H,39,40)(H,41,42)(H,43,44);2H,1H3. The van der Waals surface area contributed by atoms with E-state index >= 15 is 0 Å². The van der Waals surface area contributed by atoms with Gasteiger partial charge in [-0.25, -0.2) is 0 Å². The Morgan fingerprint density at radius 2 is 1.02 bits per heavy atom. The van der Waals surface area contributed by atoms with Crippen LogP contribution in [0.1, 0.15) is 13.8 Å². The van der Waals surface area contributed by atoms with Crippen LogP contribution in [0.4, 0.5) is 0 Å². The van der Waals surface area contributed by atoms with E-state index in [9.17, 15) is 49.2 Å². The molecule has 0 aromatic heterocycles. The zero-order chi connectivity index (χ0) is 35.2. The van der Waals surface area contributed by atoms with Gasteiger partial charge >= 0.3 is 29.8 Å². The minimum absolute atomic E-state index is 0.0556. The van der Waals surface area contributed by atoms with Crippen LogP contribution in [0.25, 0.3) is 0 Å². The van der Waals surface area contributed by atoms with Crippen molar-refractivity contribution < 1.29 is 59.4 Å². The topological polar surface area (TPSA) is 243 Å². The molecule has 1 aliphatic rings. The monoisotopic (exact) mass is 664 g/mol. The predicted molar refractivity (Wildman–Crippen MR) is 165 cm³/mol. The zero-order valence-corrected chi connectivity index (χ0v) is 27.1. The largest absolute Gasteiger partial charge is 0.480 e. The number of aliphatic carboxylic acids is 5. The summed E-state index contributed by atoms with van der Waals surface area (Å²) < 4.78 is 0. The summed E-state index contributed by atoms with van der Waals surface area (Å²) in [6.45, 7) is 5.85. The number of aldehydes is 1. The molecule has 6 N–H and O–H groups in total. The highest BCUT2D eigenvalue weighted by Gasteiger charge is 2.29. The van der Waals surface area contributed by atoms with Gasteiger partial charge in [-0.3, -0.25) is 53.4 Å². The number of rotatable bonds is 19. The summed E-state index contributed by atoms with van der Waals surface area (Å²) in [5, 5.41) is 54.1. The number of aliphatic hydroxyl groups excluding tert-OH is 1. The fraction of sp³-hybridized carbons (Fsp3) is 0.786. The van der Waals surface area contributed by atoms with Crippen molar-refractivity contribution in [2.24, 2.45) is 5.92 Å². The average Bonchev–Trinajstić information content (AvgIpc) is 2.94. The molecular weight excluding hydrogens is 612 g/mol. The van der Waals surface area contributed by atoms with Crippen LogP contribution in [0.15, 0.2) is 0 Å². The van der Waals surface area contributed by atoms with E-state index in [4.69, 9.17) is 10.2 Å². The van der Waals surface area contributed by atoms with Gasteiger partial charge in [0.2, 0.25) is 0 Å². The minimum Gasteiger partial charge on any atom is -0.480 e. The number of carbonyl (C=O) groups excluding carboxylic acids is 1. The number of carbonyl (C=O) groups is 6. The summed E-state index contributed by atoms with van der Waals surface area (Å²) in [4.78, 5) is 79.0. The highest BCUT2D eigenvalue weighted by Crippen LogP contribution is 2.14. The van der Waals surface area contributed by atoms with E-state index in [1.54, 1.807) is 9.80 Å². The van der Waals surface area contributed by atoms with Crippen LogP contribution in [-0.2, 0) is 28.8 Å². The number of hydrogen-bond donors (Lipinski definition) is 6. The van der Waals surface area contributed by atoms with Gasteiger partial charge in [-0.2, -0.15) is 0 Å². The lowest BCUT2D eigenvalue weighted by molar-refractivity contribution is -0.144. The molecule has 1 heterocycles. The van der Waals surface area contributed by atoms with Crippen molar-refractivity contribution in [3.05, 3.63) is 0 Å². The highest BCUT2D eigenvalue weighted by molar-refractivity contribution is 5.72. The van der Waals surface area contributed by atoms with Crippen LogP contribution in [-0.4, -0.2) is 221 Å². The van der Waals surface area contributed by atoms with Gasteiger partial charge in [0, 0.05) is 85.1 Å². The Balaban J connectivity index is 0.00000991. The molecule has 0 aromatic rings. The van der Waals surface area contributed by atoms with Crippen LogP contribution in [0, 0.1) is 5.92 Å². The predicted octanol–water partition coefficient (Wildman–Crippen LogP) is -2.93. The van der Waals surface area contributed by atoms with Gasteiger partial charge in [0.05, 0.1) is 39.3 Å². The molecular formula is C28H52N6O12. The van der Waals surface area contributed by atoms with Gasteiger partial charge in [-0.15, -0.1) is 0 Å². The number of hydrogen-bond acceptors (Lipinski definition) is 13. The SMILES string of the molecule is CC(C)C(CN1CCN(CC(=O)O)CCN(CCN(CC=O)CC(=O)O)CCN(CC(=O)O)CC1)N(CC(=O)O)CC(=O)O.CO. The molecule has 46 heavy (non-hydrogen) atoms. The summed E-state index contributed by atoms with van der Waals surface area (Å²) in [6, 6.07) is -0.452. The summed E-state index contributed by atoms with van der Waals surface area (Å²) in [7, 11) is 1.00. The molecule has 0 aromatic carbocycles. The molecule has 1 fully saturated rings. The molecule has 1 saturated heterocycles. The quantitative estimate of drug-likeness (QED) is 0.0757. The van der Waals surface area contributed by atoms with E-state index in [1.165, 1.54) is 9.80 Å². The lowest BCUT2D eigenvalue weighted by atomic mass is 10.0. The van der Waals surface area contributed by atoms with Crippen LogP contribution in [0.5, 0.6) is 0 Å².